The van der Waals surface area contributed by atoms with Gasteiger partial charge in [-0.15, -0.1) is 0 Å². The highest BCUT2D eigenvalue weighted by atomic mass is 16.1. The summed E-state index contributed by atoms with van der Waals surface area (Å²) in [5.74, 6) is 0.698. The fourth-order valence-corrected chi connectivity index (χ4v) is 2.48. The molecule has 84 valence electrons. The zero-order valence-electron chi connectivity index (χ0n) is 10.1. The summed E-state index contributed by atoms with van der Waals surface area (Å²) < 4.78 is 0. The van der Waals surface area contributed by atoms with Crippen molar-refractivity contribution in [2.75, 3.05) is 0 Å². The molecule has 0 radical (unpaired) electrons. The molecule has 0 aromatic heterocycles. The van der Waals surface area contributed by atoms with Gasteiger partial charge in [-0.25, -0.2) is 0 Å². The summed E-state index contributed by atoms with van der Waals surface area (Å²) >= 11 is 0. The molecule has 1 heteroatoms. The molecule has 0 amide bonds. The molecule has 1 aliphatic rings. The van der Waals surface area contributed by atoms with Gasteiger partial charge >= 0.3 is 0 Å². The lowest BCUT2D eigenvalue weighted by Crippen LogP contribution is -2.38. The lowest BCUT2D eigenvalue weighted by Gasteiger charge is -2.39. The standard InChI is InChI=1S/C15H18O/c1-11-12(2)15(3,10-9-14(11)16)13-7-5-4-6-8-13/h4-12H,1-3H3/t11-,12+,15+/m0/s1. The van der Waals surface area contributed by atoms with E-state index in [-0.39, 0.29) is 17.1 Å². The number of hydrogen-bond donors (Lipinski definition) is 0. The molecule has 16 heavy (non-hydrogen) atoms. The van der Waals surface area contributed by atoms with Crippen LogP contribution >= 0.6 is 0 Å². The molecule has 1 aromatic carbocycles. The van der Waals surface area contributed by atoms with E-state index in [1.54, 1.807) is 6.08 Å². The Bertz CT molecular complexity index is 418. The summed E-state index contributed by atoms with van der Waals surface area (Å²) in [6.45, 7) is 6.41. The van der Waals surface area contributed by atoms with Crippen molar-refractivity contribution in [3.05, 3.63) is 48.0 Å². The van der Waals surface area contributed by atoms with E-state index < -0.39 is 0 Å². The van der Waals surface area contributed by atoms with Gasteiger partial charge in [-0.05, 0) is 17.6 Å². The Hall–Kier alpha value is -1.37. The Labute approximate surface area is 97.2 Å². The van der Waals surface area contributed by atoms with Crippen LogP contribution in [-0.4, -0.2) is 5.78 Å². The number of allylic oxidation sites excluding steroid dienone is 2. The molecule has 1 aliphatic carbocycles. The molecule has 3 atom stereocenters. The topological polar surface area (TPSA) is 17.1 Å². The Morgan fingerprint density at radius 3 is 2.38 bits per heavy atom. The van der Waals surface area contributed by atoms with Gasteiger partial charge in [0.1, 0.15) is 0 Å². The number of hydrogen-bond acceptors (Lipinski definition) is 1. The largest absolute Gasteiger partial charge is 0.295 e. The summed E-state index contributed by atoms with van der Waals surface area (Å²) in [6.07, 6.45) is 3.81. The van der Waals surface area contributed by atoms with Crippen LogP contribution in [0.5, 0.6) is 0 Å². The van der Waals surface area contributed by atoms with Crippen LogP contribution in [0.1, 0.15) is 26.3 Å². The first-order valence-corrected chi connectivity index (χ1v) is 5.84. The van der Waals surface area contributed by atoms with Gasteiger partial charge in [0.15, 0.2) is 5.78 Å². The van der Waals surface area contributed by atoms with E-state index in [0.29, 0.717) is 5.92 Å². The number of carbonyl (C=O) groups is 1. The Kier molecular flexibility index (Phi) is 2.71. The molecule has 0 spiro atoms. The average Bonchev–Trinajstić information content (AvgIpc) is 2.33. The van der Waals surface area contributed by atoms with Crippen LogP contribution in [0.15, 0.2) is 42.5 Å². The van der Waals surface area contributed by atoms with Gasteiger partial charge in [0.05, 0.1) is 0 Å². The first-order valence-electron chi connectivity index (χ1n) is 5.84. The predicted molar refractivity (Wildman–Crippen MR) is 66.3 cm³/mol. The van der Waals surface area contributed by atoms with Crippen LogP contribution in [-0.2, 0) is 10.2 Å². The van der Waals surface area contributed by atoms with Gasteiger partial charge in [0, 0.05) is 11.3 Å². The molecule has 0 fully saturated rings. The second kappa shape index (κ2) is 3.89. The van der Waals surface area contributed by atoms with Crippen molar-refractivity contribution in [2.24, 2.45) is 11.8 Å². The zero-order valence-corrected chi connectivity index (χ0v) is 10.1. The maximum Gasteiger partial charge on any atom is 0.158 e. The van der Waals surface area contributed by atoms with E-state index in [1.165, 1.54) is 5.56 Å². The molecule has 0 unspecified atom stereocenters. The third-order valence-electron chi connectivity index (χ3n) is 4.13. The number of ketones is 1. The smallest absolute Gasteiger partial charge is 0.158 e. The van der Waals surface area contributed by atoms with Crippen LogP contribution in [0.2, 0.25) is 0 Å². The molecular weight excluding hydrogens is 196 g/mol. The van der Waals surface area contributed by atoms with E-state index >= 15 is 0 Å². The van der Waals surface area contributed by atoms with Crippen molar-refractivity contribution in [1.82, 2.24) is 0 Å². The van der Waals surface area contributed by atoms with E-state index in [4.69, 9.17) is 0 Å². The van der Waals surface area contributed by atoms with Crippen LogP contribution in [0.4, 0.5) is 0 Å². The van der Waals surface area contributed by atoms with Crippen molar-refractivity contribution < 1.29 is 4.79 Å². The molecule has 0 heterocycles. The van der Waals surface area contributed by atoms with Gasteiger partial charge in [0.25, 0.3) is 0 Å². The average molecular weight is 214 g/mol. The molecule has 0 saturated heterocycles. The third-order valence-corrected chi connectivity index (χ3v) is 4.13. The summed E-state index contributed by atoms with van der Waals surface area (Å²) in [5.41, 5.74) is 1.27. The van der Waals surface area contributed by atoms with Crippen molar-refractivity contribution in [3.63, 3.8) is 0 Å². The van der Waals surface area contributed by atoms with Crippen LogP contribution in [0, 0.1) is 11.8 Å². The van der Waals surface area contributed by atoms with Gasteiger partial charge in [-0.2, -0.15) is 0 Å². The molecule has 0 aliphatic heterocycles. The number of rotatable bonds is 1. The van der Waals surface area contributed by atoms with Crippen molar-refractivity contribution >= 4 is 5.78 Å². The SMILES string of the molecule is C[C@@H]1C(=O)C=C[C@@](C)(c2ccccc2)[C@@H]1C. The fourth-order valence-electron chi connectivity index (χ4n) is 2.48. The second-order valence-corrected chi connectivity index (χ2v) is 4.96. The van der Waals surface area contributed by atoms with Crippen molar-refractivity contribution in [2.45, 2.75) is 26.2 Å². The normalized spacial score (nSPS) is 34.1. The summed E-state index contributed by atoms with van der Waals surface area (Å²) in [6, 6.07) is 10.4. The highest BCUT2D eigenvalue weighted by molar-refractivity contribution is 5.93. The molecule has 2 rings (SSSR count). The Balaban J connectivity index is 2.46. The maximum atomic E-state index is 11.6. The lowest BCUT2D eigenvalue weighted by molar-refractivity contribution is -0.120. The minimum absolute atomic E-state index is 0.0193. The molecule has 1 nitrogen and oxygen atoms in total. The minimum Gasteiger partial charge on any atom is -0.295 e. The first-order chi connectivity index (χ1) is 7.55. The van der Waals surface area contributed by atoms with Crippen molar-refractivity contribution in [1.29, 1.82) is 0 Å². The highest BCUT2D eigenvalue weighted by Crippen LogP contribution is 2.40. The van der Waals surface area contributed by atoms with E-state index in [0.717, 1.165) is 0 Å². The molecule has 0 N–H and O–H groups in total. The molecule has 0 bridgehead atoms. The maximum absolute atomic E-state index is 11.6. The third kappa shape index (κ3) is 1.60. The van der Waals surface area contributed by atoms with Gasteiger partial charge in [-0.3, -0.25) is 4.79 Å². The van der Waals surface area contributed by atoms with Gasteiger partial charge < -0.3 is 0 Å². The quantitative estimate of drug-likeness (QED) is 0.700. The minimum atomic E-state index is -0.0193. The Morgan fingerprint density at radius 2 is 1.75 bits per heavy atom. The Morgan fingerprint density at radius 1 is 1.12 bits per heavy atom. The van der Waals surface area contributed by atoms with Gasteiger partial charge in [-0.1, -0.05) is 57.2 Å². The number of carbonyl (C=O) groups excluding carboxylic acids is 1. The second-order valence-electron chi connectivity index (χ2n) is 4.96. The molecule has 0 saturated carbocycles. The monoisotopic (exact) mass is 214 g/mol. The van der Waals surface area contributed by atoms with E-state index in [1.807, 2.05) is 13.0 Å². The van der Waals surface area contributed by atoms with Crippen LogP contribution in [0.25, 0.3) is 0 Å². The van der Waals surface area contributed by atoms with Crippen LogP contribution in [0.3, 0.4) is 0 Å². The summed E-state index contributed by atoms with van der Waals surface area (Å²) in [7, 11) is 0. The van der Waals surface area contributed by atoms with Gasteiger partial charge in [0.2, 0.25) is 0 Å². The van der Waals surface area contributed by atoms with Crippen molar-refractivity contribution in [3.8, 4) is 0 Å². The summed E-state index contributed by atoms with van der Waals surface area (Å²) in [5, 5.41) is 0. The predicted octanol–water partition coefficient (Wildman–Crippen LogP) is 3.36. The van der Waals surface area contributed by atoms with Crippen LogP contribution < -0.4 is 0 Å². The highest BCUT2D eigenvalue weighted by Gasteiger charge is 2.38. The van der Waals surface area contributed by atoms with E-state index in [2.05, 4.69) is 44.2 Å². The fraction of sp³-hybridized carbons (Fsp3) is 0.400. The molecule has 1 aromatic rings. The molecular formula is C15H18O. The lowest BCUT2D eigenvalue weighted by atomic mass is 9.64. The van der Waals surface area contributed by atoms with E-state index in [9.17, 15) is 4.79 Å². The summed E-state index contributed by atoms with van der Waals surface area (Å²) in [4.78, 5) is 11.6. The zero-order chi connectivity index (χ0) is 11.8. The number of benzene rings is 1. The first kappa shape index (κ1) is 11.1.